The van der Waals surface area contributed by atoms with E-state index in [1.165, 1.54) is 12.8 Å². The van der Waals surface area contributed by atoms with Gasteiger partial charge in [0.1, 0.15) is 11.6 Å². The maximum Gasteiger partial charge on any atom is 0.129 e. The Bertz CT molecular complexity index is 353. The first-order valence-corrected chi connectivity index (χ1v) is 6.77. The van der Waals surface area contributed by atoms with E-state index in [1.807, 2.05) is 19.9 Å². The second-order valence-electron chi connectivity index (χ2n) is 4.94. The largest absolute Gasteiger partial charge is 0.370 e. The zero-order valence-electron chi connectivity index (χ0n) is 10.5. The highest BCUT2D eigenvalue weighted by molar-refractivity contribution is 6.20. The number of nitrogens with one attached hydrogen (secondary N) is 1. The van der Waals surface area contributed by atoms with E-state index in [-0.39, 0.29) is 0 Å². The molecule has 1 N–H and O–H groups in total. The molecule has 17 heavy (non-hydrogen) atoms. The van der Waals surface area contributed by atoms with Crippen LogP contribution < -0.4 is 5.32 Å². The number of hydrogen-bond acceptors (Lipinski definition) is 3. The van der Waals surface area contributed by atoms with Gasteiger partial charge in [-0.15, -0.1) is 11.6 Å². The molecule has 0 aromatic carbocycles. The van der Waals surface area contributed by atoms with E-state index < -0.39 is 0 Å². The van der Waals surface area contributed by atoms with Gasteiger partial charge < -0.3 is 5.32 Å². The van der Waals surface area contributed by atoms with Crippen LogP contribution in [-0.4, -0.2) is 21.9 Å². The summed E-state index contributed by atoms with van der Waals surface area (Å²) >= 11 is 6.10. The summed E-state index contributed by atoms with van der Waals surface area (Å²) in [5, 5.41) is 3.81. The van der Waals surface area contributed by atoms with Gasteiger partial charge >= 0.3 is 0 Å². The van der Waals surface area contributed by atoms with Crippen molar-refractivity contribution < 1.29 is 0 Å². The Balaban J connectivity index is 1.85. The van der Waals surface area contributed by atoms with Crippen molar-refractivity contribution in [1.29, 1.82) is 0 Å². The number of aryl methyl sites for hydroxylation is 2. The summed E-state index contributed by atoms with van der Waals surface area (Å²) in [5.74, 6) is 2.51. The van der Waals surface area contributed by atoms with Gasteiger partial charge in [-0.3, -0.25) is 0 Å². The highest BCUT2D eigenvalue weighted by Gasteiger charge is 2.19. The van der Waals surface area contributed by atoms with Crippen LogP contribution in [0.1, 0.15) is 37.2 Å². The molecule has 2 rings (SSSR count). The minimum absolute atomic E-state index is 0.398. The third kappa shape index (κ3) is 3.84. The van der Waals surface area contributed by atoms with Crippen molar-refractivity contribution in [2.75, 3.05) is 11.9 Å². The van der Waals surface area contributed by atoms with Crippen molar-refractivity contribution in [2.24, 2.45) is 5.92 Å². The van der Waals surface area contributed by atoms with Crippen molar-refractivity contribution in [2.45, 2.75) is 44.9 Å². The Morgan fingerprint density at radius 3 is 2.59 bits per heavy atom. The van der Waals surface area contributed by atoms with Crippen LogP contribution in [0.15, 0.2) is 6.07 Å². The van der Waals surface area contributed by atoms with Crippen molar-refractivity contribution in [3.8, 4) is 0 Å². The third-order valence-electron chi connectivity index (χ3n) is 3.31. The maximum absolute atomic E-state index is 6.10. The lowest BCUT2D eigenvalue weighted by molar-refractivity contribution is 0.377. The molecule has 0 saturated heterocycles. The molecule has 0 spiro atoms. The molecule has 0 unspecified atom stereocenters. The highest BCUT2D eigenvalue weighted by Crippen LogP contribution is 2.27. The average Bonchev–Trinajstić information content (AvgIpc) is 2.27. The molecule has 0 radical (unpaired) electrons. The molecule has 1 aromatic rings. The lowest BCUT2D eigenvalue weighted by atomic mass is 9.89. The van der Waals surface area contributed by atoms with Crippen LogP contribution in [0.4, 0.5) is 5.82 Å². The fraction of sp³-hybridized carbons (Fsp3) is 0.692. The van der Waals surface area contributed by atoms with E-state index in [0.717, 1.165) is 42.6 Å². The Kier molecular flexibility index (Phi) is 4.21. The molecule has 3 nitrogen and oxygen atoms in total. The predicted octanol–water partition coefficient (Wildman–Crippen LogP) is 3.30. The summed E-state index contributed by atoms with van der Waals surface area (Å²) in [7, 11) is 0. The van der Waals surface area contributed by atoms with Crippen molar-refractivity contribution in [1.82, 2.24) is 9.97 Å². The Hall–Kier alpha value is -0.830. The molecule has 0 bridgehead atoms. The number of nitrogens with zero attached hydrogens (tertiary/aromatic N) is 2. The number of aromatic nitrogens is 2. The minimum atomic E-state index is 0.398. The molecule has 1 fully saturated rings. The minimum Gasteiger partial charge on any atom is -0.370 e. The second kappa shape index (κ2) is 5.67. The molecule has 1 saturated carbocycles. The summed E-state index contributed by atoms with van der Waals surface area (Å²) in [4.78, 5) is 8.66. The van der Waals surface area contributed by atoms with Crippen molar-refractivity contribution in [3.05, 3.63) is 17.6 Å². The second-order valence-corrected chi connectivity index (χ2v) is 5.56. The Labute approximate surface area is 108 Å². The topological polar surface area (TPSA) is 37.8 Å². The molecular formula is C13H20ClN3. The van der Waals surface area contributed by atoms with Crippen LogP contribution in [0, 0.1) is 19.8 Å². The molecule has 0 atom stereocenters. The van der Waals surface area contributed by atoms with Crippen LogP contribution >= 0.6 is 11.6 Å². The van der Waals surface area contributed by atoms with Gasteiger partial charge in [-0.2, -0.15) is 0 Å². The van der Waals surface area contributed by atoms with E-state index in [2.05, 4.69) is 15.3 Å². The monoisotopic (exact) mass is 253 g/mol. The zero-order chi connectivity index (χ0) is 12.3. The molecule has 94 valence electrons. The molecular weight excluding hydrogens is 234 g/mol. The number of rotatable bonds is 3. The predicted molar refractivity (Wildman–Crippen MR) is 71.6 cm³/mol. The van der Waals surface area contributed by atoms with Crippen LogP contribution in [0.5, 0.6) is 0 Å². The SMILES string of the molecule is Cc1cc(NCC2CCC(Cl)CC2)nc(C)n1. The van der Waals surface area contributed by atoms with E-state index >= 15 is 0 Å². The Morgan fingerprint density at radius 2 is 1.94 bits per heavy atom. The fourth-order valence-electron chi connectivity index (χ4n) is 2.38. The van der Waals surface area contributed by atoms with Crippen LogP contribution in [0.2, 0.25) is 0 Å². The van der Waals surface area contributed by atoms with Gasteiger partial charge in [0.25, 0.3) is 0 Å². The number of anilines is 1. The van der Waals surface area contributed by atoms with E-state index in [1.54, 1.807) is 0 Å². The third-order valence-corrected chi connectivity index (χ3v) is 3.75. The van der Waals surface area contributed by atoms with Crippen LogP contribution in [-0.2, 0) is 0 Å². The quantitative estimate of drug-likeness (QED) is 0.840. The highest BCUT2D eigenvalue weighted by atomic mass is 35.5. The number of hydrogen-bond donors (Lipinski definition) is 1. The zero-order valence-corrected chi connectivity index (χ0v) is 11.3. The summed E-state index contributed by atoms with van der Waals surface area (Å²) in [6.45, 7) is 4.93. The first-order valence-electron chi connectivity index (χ1n) is 6.33. The van der Waals surface area contributed by atoms with Crippen LogP contribution in [0.3, 0.4) is 0 Å². The fourth-order valence-corrected chi connectivity index (χ4v) is 2.63. The molecule has 0 aliphatic heterocycles. The van der Waals surface area contributed by atoms with E-state index in [9.17, 15) is 0 Å². The standard InChI is InChI=1S/C13H20ClN3/c1-9-7-13(17-10(2)16-9)15-8-11-3-5-12(14)6-4-11/h7,11-12H,3-6,8H2,1-2H3,(H,15,16,17). The number of alkyl halides is 1. The molecule has 1 heterocycles. The lowest BCUT2D eigenvalue weighted by Gasteiger charge is -2.25. The van der Waals surface area contributed by atoms with Gasteiger partial charge in [0.15, 0.2) is 0 Å². The molecule has 1 aromatic heterocycles. The molecule has 1 aliphatic rings. The molecule has 1 aliphatic carbocycles. The van der Waals surface area contributed by atoms with Gasteiger partial charge in [-0.05, 0) is 45.4 Å². The van der Waals surface area contributed by atoms with Gasteiger partial charge in [-0.25, -0.2) is 9.97 Å². The summed E-state index contributed by atoms with van der Waals surface area (Å²) < 4.78 is 0. The normalized spacial score (nSPS) is 24.6. The van der Waals surface area contributed by atoms with Gasteiger partial charge in [0.05, 0.1) is 0 Å². The lowest BCUT2D eigenvalue weighted by Crippen LogP contribution is -2.21. The van der Waals surface area contributed by atoms with Gasteiger partial charge in [-0.1, -0.05) is 0 Å². The van der Waals surface area contributed by atoms with E-state index in [4.69, 9.17) is 11.6 Å². The smallest absolute Gasteiger partial charge is 0.129 e. The first kappa shape index (κ1) is 12.6. The maximum atomic E-state index is 6.10. The van der Waals surface area contributed by atoms with E-state index in [0.29, 0.717) is 5.38 Å². The average molecular weight is 254 g/mol. The summed E-state index contributed by atoms with van der Waals surface area (Å²) in [5.41, 5.74) is 1.02. The summed E-state index contributed by atoms with van der Waals surface area (Å²) in [6.07, 6.45) is 4.75. The first-order chi connectivity index (χ1) is 8.13. The number of halogens is 1. The Morgan fingerprint density at radius 1 is 1.24 bits per heavy atom. The van der Waals surface area contributed by atoms with Crippen molar-refractivity contribution >= 4 is 17.4 Å². The van der Waals surface area contributed by atoms with Gasteiger partial charge in [0.2, 0.25) is 0 Å². The molecule has 4 heteroatoms. The van der Waals surface area contributed by atoms with Gasteiger partial charge in [0, 0.05) is 23.7 Å². The van der Waals surface area contributed by atoms with Crippen molar-refractivity contribution in [3.63, 3.8) is 0 Å². The molecule has 0 amide bonds. The van der Waals surface area contributed by atoms with Crippen LogP contribution in [0.25, 0.3) is 0 Å². The summed E-state index contributed by atoms with van der Waals surface area (Å²) in [6, 6.07) is 2.00.